The Labute approximate surface area is 515 Å². The molecule has 0 aliphatic carbocycles. The van der Waals surface area contributed by atoms with Crippen molar-refractivity contribution in [3.8, 4) is 0 Å². The van der Waals surface area contributed by atoms with Crippen LogP contribution in [0.1, 0.15) is 97.1 Å². The molecular formula is C64H82F2N10O10S2. The monoisotopic (exact) mass is 1250 g/mol. The maximum atomic E-state index is 14.5. The molecule has 24 heteroatoms. The summed E-state index contributed by atoms with van der Waals surface area (Å²) in [5.74, 6) is -3.64. The van der Waals surface area contributed by atoms with E-state index < -0.39 is 91.6 Å². The number of hydrogen-bond donors (Lipinski definition) is 6. The molecule has 6 N–H and O–H groups in total. The van der Waals surface area contributed by atoms with Gasteiger partial charge in [0.1, 0.15) is 23.7 Å². The molecule has 2 heterocycles. The van der Waals surface area contributed by atoms with Crippen LogP contribution in [-0.2, 0) is 52.1 Å². The van der Waals surface area contributed by atoms with Crippen molar-refractivity contribution in [1.82, 2.24) is 50.3 Å². The molecular weight excluding hydrogens is 1170 g/mol. The second-order valence-corrected chi connectivity index (χ2v) is 26.2. The molecule has 0 saturated carbocycles. The van der Waals surface area contributed by atoms with Gasteiger partial charge in [-0.15, -0.1) is 0 Å². The standard InChI is InChI=1S/C64H82F2N10O10S2/c1-45(67-3)59(77)71-57(63(81)75-39-13-19-53(75)43-73(41-35-47-15-7-5-8-16-47)87(83,84)55-31-27-51(65)28-32-55)21-11-37-69-61(79)49-23-25-50(26-24-49)62(80)70-38-12-22-58(72-60(78)46(2)68-4)64(82)76-40-14-20-54(76)44-74(42-36-48-17-9-6-10-18-48)88(85,86)56-33-29-52(66)30-34-56/h5-10,15-18,23-34,45-46,53-54,57-58,67-68H,11-14,19-22,35-44H2,1-4H3,(H,69,79)(H,70,80)(H,71,77)(H,72,78)/t45-,46-,53-,54-,57-,58-/m0/s1. The fourth-order valence-corrected chi connectivity index (χ4v) is 13.7. The van der Waals surface area contributed by atoms with E-state index in [1.165, 1.54) is 57.1 Å². The number of amides is 6. The molecule has 5 aromatic carbocycles. The molecule has 88 heavy (non-hydrogen) atoms. The topological polar surface area (TPSA) is 256 Å². The zero-order valence-electron chi connectivity index (χ0n) is 50.3. The lowest BCUT2D eigenvalue weighted by Crippen LogP contribution is -2.55. The van der Waals surface area contributed by atoms with Crippen molar-refractivity contribution in [2.45, 2.75) is 124 Å². The summed E-state index contributed by atoms with van der Waals surface area (Å²) in [5, 5.41) is 17.2. The molecule has 6 atom stereocenters. The van der Waals surface area contributed by atoms with Crippen LogP contribution in [0, 0.1) is 11.6 Å². The number of likely N-dealkylation sites (tertiary alicyclic amines) is 2. The molecule has 2 fully saturated rings. The van der Waals surface area contributed by atoms with E-state index in [1.54, 1.807) is 37.7 Å². The van der Waals surface area contributed by atoms with Crippen molar-refractivity contribution in [3.63, 3.8) is 0 Å². The smallest absolute Gasteiger partial charge is 0.251 e. The van der Waals surface area contributed by atoms with Crippen LogP contribution in [0.25, 0.3) is 0 Å². The number of carbonyl (C=O) groups excluding carboxylic acids is 6. The first-order valence-corrected chi connectivity index (χ1v) is 32.9. The van der Waals surface area contributed by atoms with Gasteiger partial charge in [0.15, 0.2) is 0 Å². The number of rotatable bonds is 32. The average Bonchev–Trinajstić information content (AvgIpc) is 1.76. The summed E-state index contributed by atoms with van der Waals surface area (Å²) in [6.45, 7) is 4.37. The van der Waals surface area contributed by atoms with Gasteiger partial charge < -0.3 is 41.7 Å². The van der Waals surface area contributed by atoms with Crippen LogP contribution in [0.5, 0.6) is 0 Å². The maximum absolute atomic E-state index is 14.5. The molecule has 0 radical (unpaired) electrons. The first-order valence-electron chi connectivity index (χ1n) is 30.0. The first kappa shape index (κ1) is 68.0. The molecule has 474 valence electrons. The molecule has 0 bridgehead atoms. The number of nitrogens with zero attached hydrogens (tertiary/aromatic N) is 4. The summed E-state index contributed by atoms with van der Waals surface area (Å²) >= 11 is 0. The van der Waals surface area contributed by atoms with Gasteiger partial charge in [-0.05, 0) is 176 Å². The highest BCUT2D eigenvalue weighted by atomic mass is 32.2. The third-order valence-electron chi connectivity index (χ3n) is 16.2. The van der Waals surface area contributed by atoms with E-state index in [1.807, 2.05) is 60.7 Å². The van der Waals surface area contributed by atoms with Crippen LogP contribution in [-0.4, -0.2) is 173 Å². The Morgan fingerprint density at radius 1 is 0.523 bits per heavy atom. The van der Waals surface area contributed by atoms with E-state index >= 15 is 0 Å². The summed E-state index contributed by atoms with van der Waals surface area (Å²) in [6.07, 6.45) is 3.85. The molecule has 2 aliphatic rings. The van der Waals surface area contributed by atoms with Gasteiger partial charge in [-0.3, -0.25) is 28.8 Å². The molecule has 6 amide bonds. The van der Waals surface area contributed by atoms with Gasteiger partial charge in [0.25, 0.3) is 11.8 Å². The van der Waals surface area contributed by atoms with E-state index in [2.05, 4.69) is 31.9 Å². The van der Waals surface area contributed by atoms with Gasteiger partial charge in [0.2, 0.25) is 43.7 Å². The Morgan fingerprint density at radius 3 is 1.22 bits per heavy atom. The zero-order chi connectivity index (χ0) is 63.4. The van der Waals surface area contributed by atoms with Crippen LogP contribution < -0.4 is 31.9 Å². The van der Waals surface area contributed by atoms with Crippen molar-refractivity contribution >= 4 is 55.5 Å². The Hall–Kier alpha value is -7.48. The maximum Gasteiger partial charge on any atom is 0.251 e. The molecule has 2 aliphatic heterocycles. The summed E-state index contributed by atoms with van der Waals surface area (Å²) in [5.41, 5.74) is 2.35. The van der Waals surface area contributed by atoms with Crippen LogP contribution in [0.2, 0.25) is 0 Å². The number of hydrogen-bond acceptors (Lipinski definition) is 12. The van der Waals surface area contributed by atoms with Crippen molar-refractivity contribution in [3.05, 3.63) is 167 Å². The summed E-state index contributed by atoms with van der Waals surface area (Å²) in [4.78, 5) is 85.4. The molecule has 20 nitrogen and oxygen atoms in total. The van der Waals surface area contributed by atoms with Crippen molar-refractivity contribution in [2.24, 2.45) is 0 Å². The van der Waals surface area contributed by atoms with E-state index in [9.17, 15) is 54.4 Å². The quantitative estimate of drug-likeness (QED) is 0.0311. The summed E-state index contributed by atoms with van der Waals surface area (Å²) in [6, 6.07) is 29.7. The van der Waals surface area contributed by atoms with Crippen LogP contribution in [0.3, 0.4) is 0 Å². The third-order valence-corrected chi connectivity index (χ3v) is 20.0. The third kappa shape index (κ3) is 18.8. The van der Waals surface area contributed by atoms with Gasteiger partial charge in [-0.2, -0.15) is 8.61 Å². The van der Waals surface area contributed by atoms with Crippen LogP contribution >= 0.6 is 0 Å². The molecule has 0 aromatic heterocycles. The molecule has 2 saturated heterocycles. The molecule has 7 rings (SSSR count). The fourth-order valence-electron chi connectivity index (χ4n) is 10.8. The highest BCUT2D eigenvalue weighted by molar-refractivity contribution is 7.89. The van der Waals surface area contributed by atoms with Crippen molar-refractivity contribution in [1.29, 1.82) is 0 Å². The summed E-state index contributed by atoms with van der Waals surface area (Å²) < 4.78 is 87.0. The van der Waals surface area contributed by atoms with Gasteiger partial charge in [-0.25, -0.2) is 25.6 Å². The number of halogens is 2. The average molecular weight is 1250 g/mol. The van der Waals surface area contributed by atoms with Crippen LogP contribution in [0.4, 0.5) is 8.78 Å². The predicted molar refractivity (Wildman–Crippen MR) is 331 cm³/mol. The fraction of sp³-hybridized carbons (Fsp3) is 0.438. The largest absolute Gasteiger partial charge is 0.352 e. The van der Waals surface area contributed by atoms with Gasteiger partial charge in [-0.1, -0.05) is 60.7 Å². The highest BCUT2D eigenvalue weighted by Gasteiger charge is 2.40. The van der Waals surface area contributed by atoms with Gasteiger partial charge in [0, 0.05) is 75.6 Å². The van der Waals surface area contributed by atoms with Crippen LogP contribution in [0.15, 0.2) is 143 Å². The predicted octanol–water partition coefficient (Wildman–Crippen LogP) is 5.02. The number of carbonyl (C=O) groups is 6. The first-order chi connectivity index (χ1) is 42.2. The molecule has 0 unspecified atom stereocenters. The SMILES string of the molecule is CN[C@@H](C)C(=O)N[C@@H](CCCNC(=O)c1ccc(C(=O)NCCC[C@H](NC(=O)[C@H](C)NC)C(=O)N2CCC[C@H]2CN(CCc2ccccc2)S(=O)(=O)c2ccc(F)cc2)cc1)C(=O)N1CCC[C@H]1CN(CCc1ccccc1)S(=O)(=O)c1ccc(F)cc1. The Balaban J connectivity index is 0.927. The Bertz CT molecular complexity index is 3130. The van der Waals surface area contributed by atoms with E-state index in [0.717, 1.165) is 35.4 Å². The second kappa shape index (κ2) is 32.7. The van der Waals surface area contributed by atoms with Crippen molar-refractivity contribution in [2.75, 3.05) is 66.5 Å². The lowest BCUT2D eigenvalue weighted by molar-refractivity contribution is -0.138. The van der Waals surface area contributed by atoms with E-state index in [0.29, 0.717) is 51.6 Å². The lowest BCUT2D eigenvalue weighted by atomic mass is 10.1. The second-order valence-electron chi connectivity index (χ2n) is 22.3. The normalized spacial score (nSPS) is 16.6. The van der Waals surface area contributed by atoms with Gasteiger partial charge >= 0.3 is 0 Å². The van der Waals surface area contributed by atoms with E-state index in [-0.39, 0.29) is 97.7 Å². The Kier molecular flexibility index (Phi) is 25.2. The van der Waals surface area contributed by atoms with E-state index in [4.69, 9.17) is 0 Å². The number of likely N-dealkylation sites (N-methyl/N-ethyl adjacent to an activating group) is 2. The number of benzene rings is 5. The zero-order valence-corrected chi connectivity index (χ0v) is 52.0. The van der Waals surface area contributed by atoms with Crippen molar-refractivity contribution < 1.29 is 54.4 Å². The lowest BCUT2D eigenvalue weighted by Gasteiger charge is -2.33. The molecule has 0 spiro atoms. The molecule has 5 aromatic rings. The highest BCUT2D eigenvalue weighted by Crippen LogP contribution is 2.27. The Morgan fingerprint density at radius 2 is 0.875 bits per heavy atom. The minimum Gasteiger partial charge on any atom is -0.352 e. The number of sulfonamides is 2. The number of nitrogens with one attached hydrogen (secondary N) is 6. The summed E-state index contributed by atoms with van der Waals surface area (Å²) in [7, 11) is -5.01. The minimum absolute atomic E-state index is 0.0257. The van der Waals surface area contributed by atoms with Gasteiger partial charge in [0.05, 0.1) is 21.9 Å². The minimum atomic E-state index is -4.12.